The van der Waals surface area contributed by atoms with Crippen LogP contribution in [0.15, 0.2) is 42.7 Å². The van der Waals surface area contributed by atoms with Crippen LogP contribution < -0.4 is 5.32 Å². The average molecular weight is 245 g/mol. The van der Waals surface area contributed by atoms with Crippen molar-refractivity contribution in [1.82, 2.24) is 15.1 Å². The van der Waals surface area contributed by atoms with E-state index in [-0.39, 0.29) is 12.6 Å². The third-order valence-corrected chi connectivity index (χ3v) is 2.95. The third kappa shape index (κ3) is 3.18. The molecule has 0 saturated heterocycles. The van der Waals surface area contributed by atoms with E-state index in [9.17, 15) is 5.11 Å². The molecule has 4 nitrogen and oxygen atoms in total. The molecule has 0 aliphatic carbocycles. The second-order valence-corrected chi connectivity index (χ2v) is 4.23. The fourth-order valence-electron chi connectivity index (χ4n) is 1.88. The minimum Gasteiger partial charge on any atom is -0.394 e. The van der Waals surface area contributed by atoms with Crippen molar-refractivity contribution in [3.8, 4) is 0 Å². The molecule has 0 unspecified atom stereocenters. The van der Waals surface area contributed by atoms with Gasteiger partial charge in [-0.05, 0) is 12.5 Å². The Morgan fingerprint density at radius 1 is 1.33 bits per heavy atom. The van der Waals surface area contributed by atoms with Crippen molar-refractivity contribution in [1.29, 1.82) is 0 Å². The summed E-state index contributed by atoms with van der Waals surface area (Å²) in [4.78, 5) is 0. The quantitative estimate of drug-likeness (QED) is 0.815. The van der Waals surface area contributed by atoms with Crippen LogP contribution in [0.2, 0.25) is 0 Å². The van der Waals surface area contributed by atoms with Gasteiger partial charge in [0.05, 0.1) is 18.8 Å². The molecule has 0 saturated carbocycles. The Hall–Kier alpha value is -1.65. The summed E-state index contributed by atoms with van der Waals surface area (Å²) in [5, 5.41) is 17.0. The van der Waals surface area contributed by atoms with E-state index in [1.807, 2.05) is 47.4 Å². The van der Waals surface area contributed by atoms with Gasteiger partial charge in [-0.15, -0.1) is 0 Å². The minimum atomic E-state index is -0.0313. The van der Waals surface area contributed by atoms with Gasteiger partial charge in [0, 0.05) is 24.8 Å². The zero-order valence-corrected chi connectivity index (χ0v) is 10.6. The van der Waals surface area contributed by atoms with Crippen LogP contribution in [-0.2, 0) is 13.1 Å². The molecule has 96 valence electrons. The van der Waals surface area contributed by atoms with E-state index in [2.05, 4.69) is 17.3 Å². The molecule has 1 atom stereocenters. The van der Waals surface area contributed by atoms with Crippen molar-refractivity contribution in [2.45, 2.75) is 26.1 Å². The maximum absolute atomic E-state index is 9.43. The van der Waals surface area contributed by atoms with Gasteiger partial charge in [-0.25, -0.2) is 0 Å². The lowest BCUT2D eigenvalue weighted by atomic mass is 10.1. The predicted octanol–water partition coefficient (Wildman–Crippen LogP) is 1.73. The Kier molecular flexibility index (Phi) is 4.50. The molecule has 0 bridgehead atoms. The van der Waals surface area contributed by atoms with Gasteiger partial charge < -0.3 is 10.4 Å². The molecule has 0 spiro atoms. The molecule has 4 heteroatoms. The number of hydrogen-bond acceptors (Lipinski definition) is 3. The fraction of sp³-hybridized carbons (Fsp3) is 0.357. The van der Waals surface area contributed by atoms with Crippen molar-refractivity contribution in [2.24, 2.45) is 0 Å². The molecule has 0 fully saturated rings. The van der Waals surface area contributed by atoms with Crippen molar-refractivity contribution in [3.05, 3.63) is 53.9 Å². The van der Waals surface area contributed by atoms with E-state index in [0.29, 0.717) is 6.54 Å². The van der Waals surface area contributed by atoms with Crippen LogP contribution in [0.5, 0.6) is 0 Å². The minimum absolute atomic E-state index is 0.0313. The second-order valence-electron chi connectivity index (χ2n) is 4.23. The topological polar surface area (TPSA) is 50.1 Å². The van der Waals surface area contributed by atoms with Gasteiger partial charge in [0.1, 0.15) is 0 Å². The van der Waals surface area contributed by atoms with Crippen molar-refractivity contribution in [2.75, 3.05) is 6.61 Å². The van der Waals surface area contributed by atoms with Crippen LogP contribution in [0.3, 0.4) is 0 Å². The van der Waals surface area contributed by atoms with Crippen LogP contribution in [-0.4, -0.2) is 21.5 Å². The number of hydrogen-bond donors (Lipinski definition) is 2. The van der Waals surface area contributed by atoms with Gasteiger partial charge in [0.15, 0.2) is 0 Å². The molecular formula is C14H19N3O. The predicted molar refractivity (Wildman–Crippen MR) is 71.0 cm³/mol. The molecular weight excluding hydrogens is 226 g/mol. The molecule has 1 aromatic heterocycles. The number of aliphatic hydroxyl groups is 1. The van der Waals surface area contributed by atoms with E-state index < -0.39 is 0 Å². The summed E-state index contributed by atoms with van der Waals surface area (Å²) in [6.45, 7) is 3.73. The standard InChI is InChI=1S/C14H19N3O/c1-2-17-10-12(9-16-17)8-15-14(11-18)13-6-4-3-5-7-13/h3-7,9-10,14-15,18H,2,8,11H2,1H3/t14-/m1/s1. The highest BCUT2D eigenvalue weighted by Gasteiger charge is 2.09. The molecule has 2 rings (SSSR count). The molecule has 0 amide bonds. The summed E-state index contributed by atoms with van der Waals surface area (Å²) in [5.74, 6) is 0. The monoisotopic (exact) mass is 245 g/mol. The van der Waals surface area contributed by atoms with Crippen molar-refractivity contribution < 1.29 is 5.11 Å². The van der Waals surface area contributed by atoms with E-state index >= 15 is 0 Å². The normalized spacial score (nSPS) is 12.6. The lowest BCUT2D eigenvalue weighted by Gasteiger charge is -2.15. The smallest absolute Gasteiger partial charge is 0.0626 e. The van der Waals surface area contributed by atoms with Gasteiger partial charge in [0.2, 0.25) is 0 Å². The Labute approximate surface area is 107 Å². The number of rotatable bonds is 6. The summed E-state index contributed by atoms with van der Waals surface area (Å²) in [5.41, 5.74) is 2.23. The highest BCUT2D eigenvalue weighted by atomic mass is 16.3. The summed E-state index contributed by atoms with van der Waals surface area (Å²) in [6.07, 6.45) is 3.88. The van der Waals surface area contributed by atoms with Crippen molar-refractivity contribution in [3.63, 3.8) is 0 Å². The molecule has 1 heterocycles. The lowest BCUT2D eigenvalue weighted by molar-refractivity contribution is 0.243. The first kappa shape index (κ1) is 12.8. The highest BCUT2D eigenvalue weighted by Crippen LogP contribution is 2.12. The zero-order valence-electron chi connectivity index (χ0n) is 10.6. The SMILES string of the molecule is CCn1cc(CN[C@H](CO)c2ccccc2)cn1. The van der Waals surface area contributed by atoms with E-state index in [4.69, 9.17) is 0 Å². The molecule has 2 N–H and O–H groups in total. The van der Waals surface area contributed by atoms with E-state index in [0.717, 1.165) is 17.7 Å². The first-order chi connectivity index (χ1) is 8.83. The van der Waals surface area contributed by atoms with Gasteiger partial charge in [0.25, 0.3) is 0 Å². The molecule has 18 heavy (non-hydrogen) atoms. The van der Waals surface area contributed by atoms with Gasteiger partial charge in [-0.1, -0.05) is 30.3 Å². The second kappa shape index (κ2) is 6.33. The molecule has 0 radical (unpaired) electrons. The Balaban J connectivity index is 1.95. The Morgan fingerprint density at radius 3 is 2.72 bits per heavy atom. The number of aromatic nitrogens is 2. The molecule has 2 aromatic rings. The van der Waals surface area contributed by atoms with Crippen LogP contribution >= 0.6 is 0 Å². The zero-order chi connectivity index (χ0) is 12.8. The van der Waals surface area contributed by atoms with Gasteiger partial charge >= 0.3 is 0 Å². The van der Waals surface area contributed by atoms with Gasteiger partial charge in [-0.3, -0.25) is 4.68 Å². The number of aryl methyl sites for hydroxylation is 1. The molecule has 1 aromatic carbocycles. The molecule has 0 aliphatic rings. The number of nitrogens with one attached hydrogen (secondary N) is 1. The lowest BCUT2D eigenvalue weighted by Crippen LogP contribution is -2.23. The van der Waals surface area contributed by atoms with Crippen LogP contribution in [0.1, 0.15) is 24.1 Å². The van der Waals surface area contributed by atoms with Crippen molar-refractivity contribution >= 4 is 0 Å². The average Bonchev–Trinajstić information content (AvgIpc) is 2.89. The highest BCUT2D eigenvalue weighted by molar-refractivity contribution is 5.19. The summed E-state index contributed by atoms with van der Waals surface area (Å²) in [6, 6.07) is 9.94. The van der Waals surface area contributed by atoms with E-state index in [1.54, 1.807) is 0 Å². The van der Waals surface area contributed by atoms with Crippen LogP contribution in [0.25, 0.3) is 0 Å². The number of aliphatic hydroxyl groups excluding tert-OH is 1. The summed E-state index contributed by atoms with van der Waals surface area (Å²) >= 11 is 0. The van der Waals surface area contributed by atoms with Crippen LogP contribution in [0.4, 0.5) is 0 Å². The fourth-order valence-corrected chi connectivity index (χ4v) is 1.88. The first-order valence-corrected chi connectivity index (χ1v) is 6.24. The summed E-state index contributed by atoms with van der Waals surface area (Å²) < 4.78 is 1.90. The first-order valence-electron chi connectivity index (χ1n) is 6.24. The Morgan fingerprint density at radius 2 is 2.11 bits per heavy atom. The maximum atomic E-state index is 9.43. The number of benzene rings is 1. The van der Waals surface area contributed by atoms with E-state index in [1.165, 1.54) is 0 Å². The van der Waals surface area contributed by atoms with Crippen LogP contribution in [0, 0.1) is 0 Å². The third-order valence-electron chi connectivity index (χ3n) is 2.95. The number of nitrogens with zero attached hydrogens (tertiary/aromatic N) is 2. The maximum Gasteiger partial charge on any atom is 0.0626 e. The van der Waals surface area contributed by atoms with Gasteiger partial charge in [-0.2, -0.15) is 5.10 Å². The summed E-state index contributed by atoms with van der Waals surface area (Å²) in [7, 11) is 0. The molecule has 0 aliphatic heterocycles. The largest absolute Gasteiger partial charge is 0.394 e. The Bertz CT molecular complexity index is 467.